The van der Waals surface area contributed by atoms with E-state index in [1.807, 2.05) is 6.92 Å². The molecule has 10 heavy (non-hydrogen) atoms. The SMILES string of the molecule is CCC(Br)C(=O)OC(C)O. The normalized spacial score (nSPS) is 16.0. The van der Waals surface area contributed by atoms with Crippen molar-refractivity contribution in [3.63, 3.8) is 0 Å². The lowest BCUT2D eigenvalue weighted by Gasteiger charge is -2.09. The van der Waals surface area contributed by atoms with Crippen LogP contribution in [0.1, 0.15) is 20.3 Å². The summed E-state index contributed by atoms with van der Waals surface area (Å²) in [5.41, 5.74) is 0. The first-order valence-electron chi connectivity index (χ1n) is 3.10. The third-order valence-corrected chi connectivity index (χ3v) is 1.92. The Kier molecular flexibility index (Phi) is 4.64. The molecule has 0 spiro atoms. The molecule has 0 aliphatic carbocycles. The van der Waals surface area contributed by atoms with E-state index < -0.39 is 12.3 Å². The number of aliphatic hydroxyl groups excluding tert-OH is 1. The Morgan fingerprint density at radius 1 is 1.80 bits per heavy atom. The van der Waals surface area contributed by atoms with Gasteiger partial charge < -0.3 is 9.84 Å². The van der Waals surface area contributed by atoms with Crippen LogP contribution in [0, 0.1) is 0 Å². The van der Waals surface area contributed by atoms with E-state index in [1.165, 1.54) is 6.92 Å². The van der Waals surface area contributed by atoms with E-state index in [0.29, 0.717) is 6.42 Å². The van der Waals surface area contributed by atoms with Crippen molar-refractivity contribution in [1.29, 1.82) is 0 Å². The van der Waals surface area contributed by atoms with E-state index in [2.05, 4.69) is 20.7 Å². The lowest BCUT2D eigenvalue weighted by Crippen LogP contribution is -2.21. The summed E-state index contributed by atoms with van der Waals surface area (Å²) in [5, 5.41) is 8.60. The number of esters is 1. The van der Waals surface area contributed by atoms with Crippen LogP contribution in [0.4, 0.5) is 0 Å². The van der Waals surface area contributed by atoms with Gasteiger partial charge in [0, 0.05) is 0 Å². The molecule has 0 radical (unpaired) electrons. The van der Waals surface area contributed by atoms with Crippen molar-refractivity contribution in [3.05, 3.63) is 0 Å². The van der Waals surface area contributed by atoms with Gasteiger partial charge in [-0.15, -0.1) is 0 Å². The molecule has 2 atom stereocenters. The Labute approximate surface area is 68.5 Å². The number of rotatable bonds is 3. The zero-order chi connectivity index (χ0) is 8.15. The maximum Gasteiger partial charge on any atom is 0.321 e. The third kappa shape index (κ3) is 3.85. The number of carbonyl (C=O) groups is 1. The van der Waals surface area contributed by atoms with Crippen LogP contribution in [0.5, 0.6) is 0 Å². The highest BCUT2D eigenvalue weighted by Gasteiger charge is 2.15. The van der Waals surface area contributed by atoms with Crippen molar-refractivity contribution in [2.45, 2.75) is 31.4 Å². The monoisotopic (exact) mass is 210 g/mol. The van der Waals surface area contributed by atoms with E-state index in [9.17, 15) is 4.79 Å². The Bertz CT molecular complexity index is 114. The molecule has 0 rings (SSSR count). The third-order valence-electron chi connectivity index (χ3n) is 0.901. The van der Waals surface area contributed by atoms with Gasteiger partial charge in [-0.1, -0.05) is 22.9 Å². The van der Waals surface area contributed by atoms with E-state index in [4.69, 9.17) is 5.11 Å². The van der Waals surface area contributed by atoms with Crippen LogP contribution in [-0.2, 0) is 9.53 Å². The van der Waals surface area contributed by atoms with Gasteiger partial charge >= 0.3 is 5.97 Å². The smallest absolute Gasteiger partial charge is 0.321 e. The highest BCUT2D eigenvalue weighted by molar-refractivity contribution is 9.10. The molecule has 0 saturated carbocycles. The van der Waals surface area contributed by atoms with Crippen LogP contribution < -0.4 is 0 Å². The van der Waals surface area contributed by atoms with Crippen LogP contribution in [0.25, 0.3) is 0 Å². The molecule has 0 aromatic rings. The lowest BCUT2D eigenvalue weighted by atomic mass is 10.3. The number of alkyl halides is 1. The minimum absolute atomic E-state index is 0.304. The van der Waals surface area contributed by atoms with Gasteiger partial charge in [0.25, 0.3) is 0 Å². The van der Waals surface area contributed by atoms with Gasteiger partial charge in [-0.05, 0) is 13.3 Å². The fourth-order valence-electron chi connectivity index (χ4n) is 0.409. The van der Waals surface area contributed by atoms with Crippen molar-refractivity contribution in [2.75, 3.05) is 0 Å². The summed E-state index contributed by atoms with van der Waals surface area (Å²) in [6.07, 6.45) is -0.356. The largest absolute Gasteiger partial charge is 0.435 e. The summed E-state index contributed by atoms with van der Waals surface area (Å²) in [5.74, 6) is -0.419. The Morgan fingerprint density at radius 2 is 2.30 bits per heavy atom. The molecule has 60 valence electrons. The van der Waals surface area contributed by atoms with Crippen molar-refractivity contribution in [2.24, 2.45) is 0 Å². The number of ether oxygens (including phenoxy) is 1. The predicted molar refractivity (Wildman–Crippen MR) is 40.8 cm³/mol. The number of carbonyl (C=O) groups excluding carboxylic acids is 1. The fourth-order valence-corrected chi connectivity index (χ4v) is 0.517. The van der Waals surface area contributed by atoms with Crippen LogP contribution in [-0.4, -0.2) is 22.2 Å². The van der Waals surface area contributed by atoms with Gasteiger partial charge in [-0.3, -0.25) is 4.79 Å². The summed E-state index contributed by atoms with van der Waals surface area (Å²) < 4.78 is 4.47. The van der Waals surface area contributed by atoms with E-state index in [1.54, 1.807) is 0 Å². The number of aliphatic hydroxyl groups is 1. The number of halogens is 1. The molecule has 4 heteroatoms. The van der Waals surface area contributed by atoms with Crippen LogP contribution in [0.2, 0.25) is 0 Å². The van der Waals surface area contributed by atoms with Gasteiger partial charge in [0.15, 0.2) is 6.29 Å². The molecule has 0 heterocycles. The maximum absolute atomic E-state index is 10.8. The average molecular weight is 211 g/mol. The van der Waals surface area contributed by atoms with Gasteiger partial charge in [0.1, 0.15) is 4.83 Å². The van der Waals surface area contributed by atoms with Gasteiger partial charge in [0.05, 0.1) is 0 Å². The van der Waals surface area contributed by atoms with Crippen molar-refractivity contribution in [3.8, 4) is 0 Å². The van der Waals surface area contributed by atoms with Crippen LogP contribution >= 0.6 is 15.9 Å². The zero-order valence-electron chi connectivity index (χ0n) is 6.00. The number of hydrogen-bond acceptors (Lipinski definition) is 3. The molecular formula is C6H11BrO3. The highest BCUT2D eigenvalue weighted by Crippen LogP contribution is 2.06. The molecule has 2 unspecified atom stereocenters. The topological polar surface area (TPSA) is 46.5 Å². The molecule has 0 fully saturated rings. The Hall–Kier alpha value is -0.0900. The van der Waals surface area contributed by atoms with Crippen molar-refractivity contribution < 1.29 is 14.6 Å². The molecule has 0 amide bonds. The molecule has 0 aliphatic rings. The predicted octanol–water partition coefficient (Wildman–Crippen LogP) is 1.04. The highest BCUT2D eigenvalue weighted by atomic mass is 79.9. The van der Waals surface area contributed by atoms with Crippen LogP contribution in [0.15, 0.2) is 0 Å². The van der Waals surface area contributed by atoms with E-state index >= 15 is 0 Å². The number of hydrogen-bond donors (Lipinski definition) is 1. The Morgan fingerprint density at radius 3 is 2.60 bits per heavy atom. The molecule has 1 N–H and O–H groups in total. The first-order valence-corrected chi connectivity index (χ1v) is 4.02. The fraction of sp³-hybridized carbons (Fsp3) is 0.833. The quantitative estimate of drug-likeness (QED) is 0.431. The minimum Gasteiger partial charge on any atom is -0.435 e. The first kappa shape index (κ1) is 9.91. The minimum atomic E-state index is -1.01. The molecule has 0 saturated heterocycles. The second-order valence-corrected chi connectivity index (χ2v) is 3.02. The summed E-state index contributed by atoms with van der Waals surface area (Å²) in [6.45, 7) is 3.25. The van der Waals surface area contributed by atoms with Gasteiger partial charge in [-0.25, -0.2) is 0 Å². The lowest BCUT2D eigenvalue weighted by molar-refractivity contribution is -0.163. The summed E-state index contributed by atoms with van der Waals surface area (Å²) in [6, 6.07) is 0. The molecule has 0 aromatic carbocycles. The van der Waals surface area contributed by atoms with Crippen molar-refractivity contribution >= 4 is 21.9 Å². The maximum atomic E-state index is 10.8. The summed E-state index contributed by atoms with van der Waals surface area (Å²) >= 11 is 3.09. The molecule has 3 nitrogen and oxygen atoms in total. The average Bonchev–Trinajstić information content (AvgIpc) is 1.85. The first-order chi connectivity index (χ1) is 4.57. The molecule has 0 aliphatic heterocycles. The van der Waals surface area contributed by atoms with Crippen molar-refractivity contribution in [1.82, 2.24) is 0 Å². The van der Waals surface area contributed by atoms with Crippen LogP contribution in [0.3, 0.4) is 0 Å². The second kappa shape index (κ2) is 4.68. The molecular weight excluding hydrogens is 200 g/mol. The molecule has 0 aromatic heterocycles. The van der Waals surface area contributed by atoms with Gasteiger partial charge in [0.2, 0.25) is 0 Å². The van der Waals surface area contributed by atoms with E-state index in [0.717, 1.165) is 0 Å². The van der Waals surface area contributed by atoms with E-state index in [-0.39, 0.29) is 4.83 Å². The summed E-state index contributed by atoms with van der Waals surface area (Å²) in [7, 11) is 0. The molecule has 0 bridgehead atoms. The summed E-state index contributed by atoms with van der Waals surface area (Å²) in [4.78, 5) is 10.5. The zero-order valence-corrected chi connectivity index (χ0v) is 7.59. The Balaban J connectivity index is 3.62. The second-order valence-electron chi connectivity index (χ2n) is 1.91. The van der Waals surface area contributed by atoms with Gasteiger partial charge in [-0.2, -0.15) is 0 Å². The standard InChI is InChI=1S/C6H11BrO3/c1-3-5(7)6(9)10-4(2)8/h4-5,8H,3H2,1-2H3.